The van der Waals surface area contributed by atoms with Crippen LogP contribution in [0.1, 0.15) is 0 Å². The van der Waals surface area contributed by atoms with Crippen molar-refractivity contribution in [2.45, 2.75) is 0 Å². The summed E-state index contributed by atoms with van der Waals surface area (Å²) < 4.78 is 4.74. The Balaban J connectivity index is 2.18. The van der Waals surface area contributed by atoms with E-state index in [4.69, 9.17) is 9.42 Å². The third-order valence-corrected chi connectivity index (χ3v) is 2.99. The predicted molar refractivity (Wildman–Crippen MR) is 27.5 cm³/mol. The highest BCUT2D eigenvalue weighted by atomic mass is 32.7. The monoisotopic (exact) mass is 124 g/mol. The second-order valence-corrected chi connectivity index (χ2v) is 4.02. The highest BCUT2D eigenvalue weighted by Gasteiger charge is 2.11. The summed E-state index contributed by atoms with van der Waals surface area (Å²) in [5.74, 6) is 0.961. The number of hydrogen-bond donors (Lipinski definition) is 1. The third-order valence-electron chi connectivity index (χ3n) is 0.487. The Morgan fingerprint density at radius 1 is 1.83 bits per heavy atom. The first kappa shape index (κ1) is 4.85. The molecule has 1 heterocycles. The molecule has 6 heavy (non-hydrogen) atoms. The molecule has 0 aromatic heterocycles. The zero-order valence-corrected chi connectivity index (χ0v) is 4.84. The van der Waals surface area contributed by atoms with Gasteiger partial charge in [-0.3, -0.25) is 0 Å². The van der Waals surface area contributed by atoms with Gasteiger partial charge >= 0.3 is 0 Å². The minimum atomic E-state index is -1.05. The second kappa shape index (κ2) is 2.12. The van der Waals surface area contributed by atoms with E-state index in [-0.39, 0.29) is 0 Å². The van der Waals surface area contributed by atoms with Crippen LogP contribution in [0.15, 0.2) is 0 Å². The molecule has 0 saturated carbocycles. The van der Waals surface area contributed by atoms with Crippen molar-refractivity contribution < 1.29 is 9.42 Å². The fourth-order valence-electron chi connectivity index (χ4n) is 0.268. The summed E-state index contributed by atoms with van der Waals surface area (Å²) in [6.45, 7) is 0.729. The Morgan fingerprint density at radius 3 is 2.83 bits per heavy atom. The summed E-state index contributed by atoms with van der Waals surface area (Å²) in [6, 6.07) is 0. The van der Waals surface area contributed by atoms with Crippen molar-refractivity contribution in [3.8, 4) is 0 Å². The first-order valence-corrected chi connectivity index (χ1v) is 4.45. The van der Waals surface area contributed by atoms with Gasteiger partial charge in [0, 0.05) is 5.75 Å². The first-order valence-electron chi connectivity index (χ1n) is 1.64. The van der Waals surface area contributed by atoms with Crippen LogP contribution < -0.4 is 0 Å². The van der Waals surface area contributed by atoms with Crippen molar-refractivity contribution in [3.63, 3.8) is 0 Å². The summed E-state index contributed by atoms with van der Waals surface area (Å²) in [7, 11) is -1.05. The molecule has 1 rings (SSSR count). The predicted octanol–water partition coefficient (Wildman–Crippen LogP) is 0.969. The lowest BCUT2D eigenvalue weighted by atomic mass is 10.9. The molecule has 1 N–H and O–H groups in total. The van der Waals surface area contributed by atoms with Crippen molar-refractivity contribution in [1.29, 1.82) is 0 Å². The molecule has 0 spiro atoms. The molecule has 1 aliphatic heterocycles. The Kier molecular flexibility index (Phi) is 1.72. The van der Waals surface area contributed by atoms with Crippen LogP contribution in [0.3, 0.4) is 0 Å². The maximum atomic E-state index is 8.53. The summed E-state index contributed by atoms with van der Waals surface area (Å²) in [6.07, 6.45) is 0. The lowest BCUT2D eigenvalue weighted by molar-refractivity contribution is 0.355. The van der Waals surface area contributed by atoms with Crippen molar-refractivity contribution in [3.05, 3.63) is 0 Å². The molecule has 0 aromatic rings. The molecule has 1 unspecified atom stereocenters. The van der Waals surface area contributed by atoms with Crippen LogP contribution in [-0.4, -0.2) is 17.3 Å². The van der Waals surface area contributed by atoms with Crippen molar-refractivity contribution in [2.75, 3.05) is 12.4 Å². The fourth-order valence-corrected chi connectivity index (χ4v) is 2.17. The molecule has 1 fully saturated rings. The van der Waals surface area contributed by atoms with Gasteiger partial charge in [-0.25, -0.2) is 0 Å². The molecule has 0 aromatic carbocycles. The van der Waals surface area contributed by atoms with Gasteiger partial charge in [0.25, 0.3) is 0 Å². The zero-order valence-electron chi connectivity index (χ0n) is 3.13. The van der Waals surface area contributed by atoms with Crippen molar-refractivity contribution >= 4 is 19.0 Å². The third kappa shape index (κ3) is 1.09. The average molecular weight is 124 g/mol. The van der Waals surface area contributed by atoms with Crippen LogP contribution in [0.2, 0.25) is 0 Å². The molecule has 2 nitrogen and oxygen atoms in total. The molecule has 4 heteroatoms. The van der Waals surface area contributed by atoms with Crippen LogP contribution in [-0.2, 0) is 4.52 Å². The highest BCUT2D eigenvalue weighted by molar-refractivity contribution is 8.52. The van der Waals surface area contributed by atoms with E-state index in [0.717, 1.165) is 12.4 Å². The normalized spacial score (nSPS) is 34.5. The van der Waals surface area contributed by atoms with Gasteiger partial charge in [-0.1, -0.05) is 11.4 Å². The van der Waals surface area contributed by atoms with E-state index in [1.54, 1.807) is 0 Å². The van der Waals surface area contributed by atoms with Gasteiger partial charge < -0.3 is 9.42 Å². The first-order chi connectivity index (χ1) is 2.89. The SMILES string of the molecule is OP1OCCS1. The molecular weight excluding hydrogens is 119 g/mol. The molecule has 1 saturated heterocycles. The lowest BCUT2D eigenvalue weighted by Gasteiger charge is -1.90. The Bertz CT molecular complexity index is 44.8. The minimum Gasteiger partial charge on any atom is -0.342 e. The molecule has 36 valence electrons. The van der Waals surface area contributed by atoms with Crippen molar-refractivity contribution in [1.82, 2.24) is 0 Å². The van der Waals surface area contributed by atoms with Gasteiger partial charge in [-0.2, -0.15) is 0 Å². The van der Waals surface area contributed by atoms with Crippen LogP contribution in [0, 0.1) is 0 Å². The largest absolute Gasteiger partial charge is 0.342 e. The minimum absolute atomic E-state index is 0.729. The maximum Gasteiger partial charge on any atom is 0.235 e. The van der Waals surface area contributed by atoms with Crippen LogP contribution in [0.4, 0.5) is 0 Å². The fraction of sp³-hybridized carbons (Fsp3) is 1.00. The molecule has 1 aliphatic rings. The highest BCUT2D eigenvalue weighted by Crippen LogP contribution is 2.50. The van der Waals surface area contributed by atoms with E-state index in [9.17, 15) is 0 Å². The Labute approximate surface area is 41.6 Å². The van der Waals surface area contributed by atoms with Crippen molar-refractivity contribution in [2.24, 2.45) is 0 Å². The lowest BCUT2D eigenvalue weighted by Crippen LogP contribution is -1.75. The van der Waals surface area contributed by atoms with Gasteiger partial charge in [-0.05, 0) is 0 Å². The van der Waals surface area contributed by atoms with Crippen LogP contribution >= 0.6 is 19.0 Å². The molecule has 0 amide bonds. The molecule has 0 bridgehead atoms. The Morgan fingerprint density at radius 2 is 2.67 bits per heavy atom. The van der Waals surface area contributed by atoms with Crippen LogP contribution in [0.25, 0.3) is 0 Å². The van der Waals surface area contributed by atoms with E-state index in [1.807, 2.05) is 0 Å². The van der Waals surface area contributed by atoms with Gasteiger partial charge in [0.15, 0.2) is 0 Å². The smallest absolute Gasteiger partial charge is 0.235 e. The van der Waals surface area contributed by atoms with E-state index in [0.29, 0.717) is 0 Å². The summed E-state index contributed by atoms with van der Waals surface area (Å²) in [4.78, 5) is 8.53. The summed E-state index contributed by atoms with van der Waals surface area (Å²) in [5.41, 5.74) is 0. The van der Waals surface area contributed by atoms with Gasteiger partial charge in [0.05, 0.1) is 6.61 Å². The van der Waals surface area contributed by atoms with Gasteiger partial charge in [-0.15, -0.1) is 0 Å². The van der Waals surface area contributed by atoms with Gasteiger partial charge in [0.2, 0.25) is 7.58 Å². The second-order valence-electron chi connectivity index (χ2n) is 0.904. The topological polar surface area (TPSA) is 29.5 Å². The average Bonchev–Trinajstić information content (AvgIpc) is 1.86. The zero-order chi connectivity index (χ0) is 4.41. The van der Waals surface area contributed by atoms with E-state index < -0.39 is 7.58 Å². The Hall–Kier alpha value is 0.700. The molecule has 1 atom stereocenters. The molecular formula is C2H5O2PS. The van der Waals surface area contributed by atoms with Gasteiger partial charge in [0.1, 0.15) is 0 Å². The summed E-state index contributed by atoms with van der Waals surface area (Å²) in [5, 5.41) is 0. The van der Waals surface area contributed by atoms with E-state index in [1.165, 1.54) is 11.4 Å². The summed E-state index contributed by atoms with van der Waals surface area (Å²) >= 11 is 1.50. The molecule has 0 aliphatic carbocycles. The number of hydrogen-bond acceptors (Lipinski definition) is 3. The van der Waals surface area contributed by atoms with E-state index >= 15 is 0 Å². The molecule has 0 radical (unpaired) electrons. The quantitative estimate of drug-likeness (QED) is 0.488. The maximum absolute atomic E-state index is 8.53. The van der Waals surface area contributed by atoms with Crippen LogP contribution in [0.5, 0.6) is 0 Å². The number of rotatable bonds is 0. The van der Waals surface area contributed by atoms with E-state index in [2.05, 4.69) is 0 Å². The standard InChI is InChI=1S/C2H5O2PS/c3-5-4-1-2-6-5/h3H,1-2H2.